The molecule has 1 heterocycles. The first-order valence-electron chi connectivity index (χ1n) is 47.3. The summed E-state index contributed by atoms with van der Waals surface area (Å²) in [5.74, 6) is -5.63. The summed E-state index contributed by atoms with van der Waals surface area (Å²) in [6, 6.07) is 51.2. The third-order valence-corrected chi connectivity index (χ3v) is 23.4. The molecule has 1 fully saturated rings. The molecular formula is C102H148N16O12. The lowest BCUT2D eigenvalue weighted by atomic mass is 10.0. The number of hydrogen-bond acceptors (Lipinski definition) is 16. The van der Waals surface area contributed by atoms with Crippen LogP contribution in [0.15, 0.2) is 182 Å². The quantitative estimate of drug-likeness (QED) is 0.0163. The lowest BCUT2D eigenvalue weighted by Gasteiger charge is -2.33. The van der Waals surface area contributed by atoms with E-state index in [2.05, 4.69) is 31.9 Å². The molecule has 6 aromatic carbocycles. The van der Waals surface area contributed by atoms with Crippen LogP contribution in [0.25, 0.3) is 0 Å². The van der Waals surface area contributed by atoms with Crippen LogP contribution in [-0.4, -0.2) is 241 Å². The summed E-state index contributed by atoms with van der Waals surface area (Å²) in [5, 5.41) is 19.1. The Morgan fingerprint density at radius 1 is 0.269 bits per heavy atom. The zero-order chi connectivity index (χ0) is 93.6. The fraction of sp³-hybridized carbons (Fsp3) is 0.529. The zero-order valence-corrected chi connectivity index (χ0v) is 77.5. The van der Waals surface area contributed by atoms with Crippen molar-refractivity contribution in [1.29, 1.82) is 0 Å². The number of aryl methyl sites for hydroxylation is 3. The highest BCUT2D eigenvalue weighted by molar-refractivity contribution is 5.90. The molecule has 6 aromatic rings. The highest BCUT2D eigenvalue weighted by Gasteiger charge is 2.34. The number of hydrogen-bond donors (Lipinski definition) is 10. The van der Waals surface area contributed by atoms with Crippen molar-refractivity contribution in [1.82, 2.24) is 61.3 Å². The van der Waals surface area contributed by atoms with Crippen LogP contribution in [0.5, 0.6) is 0 Å². The molecule has 0 aliphatic carbocycles. The van der Waals surface area contributed by atoms with Gasteiger partial charge in [-0.2, -0.15) is 0 Å². The number of carbonyl (C=O) groups excluding carboxylic acids is 12. The number of carbonyl (C=O) groups is 12. The van der Waals surface area contributed by atoms with Crippen LogP contribution in [0.4, 0.5) is 0 Å². The van der Waals surface area contributed by atoms with Crippen LogP contribution in [-0.2, 0) is 96.1 Å². The van der Waals surface area contributed by atoms with Gasteiger partial charge >= 0.3 is 0 Å². The molecule has 130 heavy (non-hydrogen) atoms. The average Bonchev–Trinajstić information content (AvgIpc) is 0.911. The van der Waals surface area contributed by atoms with E-state index in [1.54, 1.807) is 0 Å². The van der Waals surface area contributed by atoms with Crippen LogP contribution >= 0.6 is 0 Å². The molecule has 14 N–H and O–H groups in total. The molecule has 1 aliphatic rings. The van der Waals surface area contributed by atoms with Crippen LogP contribution < -0.4 is 54.8 Å². The molecule has 12 amide bonds. The Kier molecular flexibility index (Phi) is 49.4. The third kappa shape index (κ3) is 43.0. The van der Waals surface area contributed by atoms with Gasteiger partial charge < -0.3 is 84.2 Å². The van der Waals surface area contributed by atoms with E-state index >= 15 is 52.7 Å². The Morgan fingerprint density at radius 3 is 0.731 bits per heavy atom. The molecule has 7 rings (SSSR count). The van der Waals surface area contributed by atoms with Crippen LogP contribution in [0.1, 0.15) is 189 Å². The molecule has 708 valence electrons. The van der Waals surface area contributed by atoms with Crippen molar-refractivity contribution in [2.75, 3.05) is 105 Å². The fourth-order valence-electron chi connectivity index (χ4n) is 16.3. The second-order valence-corrected chi connectivity index (χ2v) is 35.6. The SMILES string of the molecule is CC(C)CCC(=O)N1CC(=O)N[C@@H](Cc2ccccc2)CN(C(=O)CCC(C)C)CC(=O)N[C@@H](CCCCN)CN(C(=O)CCc2ccccc2)CC(=O)N[C@@H](CCCCN)CN(C(=O)CCc2ccccc2)CC(=O)N[C@@H](CCCCN)CN(C(=O)CCc2ccccc2)CC(=O)N[C@@H](CCCCCN)CN(C(=O)Cc2ccccc2)CC(=O)N[C@@H](Cc2ccccc2)C1. The Morgan fingerprint density at radius 2 is 0.477 bits per heavy atom. The second-order valence-electron chi connectivity index (χ2n) is 35.6. The van der Waals surface area contributed by atoms with Gasteiger partial charge in [0.15, 0.2) is 0 Å². The van der Waals surface area contributed by atoms with Crippen molar-refractivity contribution in [3.8, 4) is 0 Å². The summed E-state index contributed by atoms with van der Waals surface area (Å²) in [6.07, 6.45) is 8.46. The van der Waals surface area contributed by atoms with E-state index in [4.69, 9.17) is 22.9 Å². The predicted octanol–water partition coefficient (Wildman–Crippen LogP) is 8.29. The zero-order valence-electron chi connectivity index (χ0n) is 77.5. The Hall–Kier alpha value is -11.2. The van der Waals surface area contributed by atoms with Crippen molar-refractivity contribution in [3.05, 3.63) is 215 Å². The van der Waals surface area contributed by atoms with Gasteiger partial charge in [-0.3, -0.25) is 57.5 Å². The predicted molar refractivity (Wildman–Crippen MR) is 510 cm³/mol. The van der Waals surface area contributed by atoms with Gasteiger partial charge in [0.05, 0.1) is 57.8 Å². The van der Waals surface area contributed by atoms with Gasteiger partial charge in [-0.25, -0.2) is 0 Å². The number of benzene rings is 6. The largest absolute Gasteiger partial charge is 0.350 e. The monoisotopic (exact) mass is 1790 g/mol. The van der Waals surface area contributed by atoms with E-state index in [1.807, 2.05) is 210 Å². The minimum atomic E-state index is -0.867. The Balaban J connectivity index is 1.38. The van der Waals surface area contributed by atoms with Gasteiger partial charge in [-0.15, -0.1) is 0 Å². The van der Waals surface area contributed by atoms with Gasteiger partial charge in [0, 0.05) is 95.5 Å². The highest BCUT2D eigenvalue weighted by atomic mass is 16.2. The maximum absolute atomic E-state index is 15.4. The molecule has 0 saturated carbocycles. The lowest BCUT2D eigenvalue weighted by molar-refractivity contribution is -0.139. The third-order valence-electron chi connectivity index (χ3n) is 23.4. The molecule has 28 heteroatoms. The van der Waals surface area contributed by atoms with Crippen molar-refractivity contribution in [3.63, 3.8) is 0 Å². The average molecular weight is 1790 g/mol. The molecule has 0 spiro atoms. The summed E-state index contributed by atoms with van der Waals surface area (Å²) in [4.78, 5) is 191. The first-order chi connectivity index (χ1) is 62.8. The number of amides is 12. The summed E-state index contributed by atoms with van der Waals surface area (Å²) in [7, 11) is 0. The van der Waals surface area contributed by atoms with Gasteiger partial charge in [-0.1, -0.05) is 242 Å². The Bertz CT molecular complexity index is 4350. The lowest BCUT2D eigenvalue weighted by Crippen LogP contribution is -2.56. The molecular weight excluding hydrogens is 1640 g/mol. The molecule has 28 nitrogen and oxygen atoms in total. The topological polar surface area (TPSA) is 401 Å². The van der Waals surface area contributed by atoms with Gasteiger partial charge in [0.1, 0.15) is 0 Å². The van der Waals surface area contributed by atoms with Crippen LogP contribution in [0, 0.1) is 11.8 Å². The van der Waals surface area contributed by atoms with Crippen molar-refractivity contribution < 1.29 is 57.5 Å². The highest BCUT2D eigenvalue weighted by Crippen LogP contribution is 2.20. The summed E-state index contributed by atoms with van der Waals surface area (Å²) < 4.78 is 0. The molecule has 1 aliphatic heterocycles. The molecule has 0 aromatic heterocycles. The Labute approximate surface area is 771 Å². The molecule has 0 bridgehead atoms. The van der Waals surface area contributed by atoms with Crippen LogP contribution in [0.3, 0.4) is 0 Å². The van der Waals surface area contributed by atoms with E-state index in [0.717, 1.165) is 27.8 Å². The van der Waals surface area contributed by atoms with E-state index in [0.29, 0.717) is 147 Å². The molecule has 1 saturated heterocycles. The minimum Gasteiger partial charge on any atom is -0.350 e. The molecule has 0 radical (unpaired) electrons. The summed E-state index contributed by atoms with van der Waals surface area (Å²) in [6.45, 7) is 5.47. The van der Waals surface area contributed by atoms with Gasteiger partial charge in [0.2, 0.25) is 70.9 Å². The second kappa shape index (κ2) is 60.6. The van der Waals surface area contributed by atoms with E-state index < -0.39 is 135 Å². The minimum absolute atomic E-state index is 0.0186. The number of unbranched alkanes of at least 4 members (excludes halogenated alkanes) is 5. The number of nitrogens with zero attached hydrogens (tertiary/aromatic N) is 6. The van der Waals surface area contributed by atoms with E-state index in [9.17, 15) is 4.79 Å². The fourth-order valence-corrected chi connectivity index (χ4v) is 16.3. The summed E-state index contributed by atoms with van der Waals surface area (Å²) in [5.41, 5.74) is 29.3. The molecule has 0 unspecified atom stereocenters. The van der Waals surface area contributed by atoms with Crippen molar-refractivity contribution in [2.24, 2.45) is 34.8 Å². The normalized spacial score (nSPS) is 18.3. The van der Waals surface area contributed by atoms with Gasteiger partial charge in [0.25, 0.3) is 0 Å². The molecule has 6 atom stereocenters. The van der Waals surface area contributed by atoms with Gasteiger partial charge in [-0.05, 0) is 168 Å². The van der Waals surface area contributed by atoms with Crippen LogP contribution in [0.2, 0.25) is 0 Å². The number of nitrogens with one attached hydrogen (secondary N) is 6. The van der Waals surface area contributed by atoms with Crippen molar-refractivity contribution >= 4 is 70.9 Å². The summed E-state index contributed by atoms with van der Waals surface area (Å²) >= 11 is 0. The van der Waals surface area contributed by atoms with E-state index in [1.165, 1.54) is 29.4 Å². The van der Waals surface area contributed by atoms with E-state index in [-0.39, 0.29) is 114 Å². The first-order valence-corrected chi connectivity index (χ1v) is 47.3. The smallest absolute Gasteiger partial charge is 0.239 e. The number of rotatable bonds is 38. The standard InChI is InChI=1S/C102H148N16O12/c1-77(2)48-53-97(125)116-69-89(62-82-38-18-8-19-39-82)111-95(123)75-117(98(126)54-49-78(3)4)70-90(63-83-40-20-9-21-41-83)112-96(124)76-118(102(130)64-84-42-22-10-23-43-84)68-85(44-24-11-28-58-103)107-91(119)71-113(99(127)55-50-79-32-12-5-13-33-79)65-86(45-25-29-59-104)108-92(120)72-114(100(128)56-51-80-34-14-6-15-35-80)66-87(46-26-30-60-105)109-93(121)73-115(101(129)57-52-81-36-16-7-17-37-81)67-88(47-27-31-61-106)110-94(122)74-116/h5-10,12-23,32-43,77-78,85-90H,11,24-31,44-76,103-106H2,1-4H3,(H,107,119)(H,108,120)(H,109,121)(H,110,122)(H,111,123)(H,112,124)/t85-,86-,87-,88-,89-,90-/m0/s1. The van der Waals surface area contributed by atoms with Crippen molar-refractivity contribution in [2.45, 2.75) is 231 Å². The maximum atomic E-state index is 15.4. The first kappa shape index (κ1) is 106. The maximum Gasteiger partial charge on any atom is 0.239 e. The number of nitrogens with two attached hydrogens (primary N) is 4.